The van der Waals surface area contributed by atoms with Gasteiger partial charge in [-0.1, -0.05) is 6.92 Å². The van der Waals surface area contributed by atoms with E-state index in [2.05, 4.69) is 10.1 Å². The van der Waals surface area contributed by atoms with Crippen LogP contribution in [0.1, 0.15) is 13.3 Å². The topological polar surface area (TPSA) is 38.3 Å². The molecule has 1 amide bonds. The first-order valence-electron chi connectivity index (χ1n) is 3.07. The maximum Gasteiger partial charge on any atom is 0.245 e. The lowest BCUT2D eigenvalue weighted by atomic mass is 10.5. The van der Waals surface area contributed by atoms with E-state index in [0.29, 0.717) is 0 Å². The van der Waals surface area contributed by atoms with E-state index in [1.165, 1.54) is 7.11 Å². The smallest absolute Gasteiger partial charge is 0.245 e. The Morgan fingerprint density at radius 1 is 1.67 bits per heavy atom. The molecule has 0 radical (unpaired) electrons. The van der Waals surface area contributed by atoms with Crippen molar-refractivity contribution >= 4 is 5.91 Å². The molecule has 0 rings (SSSR count). The van der Waals surface area contributed by atoms with E-state index >= 15 is 0 Å². The first-order valence-corrected chi connectivity index (χ1v) is 3.07. The van der Waals surface area contributed by atoms with E-state index in [1.807, 2.05) is 6.92 Å². The largest absolute Gasteiger partial charge is 0.375 e. The summed E-state index contributed by atoms with van der Waals surface area (Å²) >= 11 is 0. The Bertz CT molecular complexity index is 83.1. The highest BCUT2D eigenvalue weighted by molar-refractivity contribution is 5.77. The summed E-state index contributed by atoms with van der Waals surface area (Å²) in [5, 5.41) is 2.67. The van der Waals surface area contributed by atoms with Crippen molar-refractivity contribution < 1.29 is 9.53 Å². The molecule has 9 heavy (non-hydrogen) atoms. The molecule has 0 unspecified atom stereocenters. The van der Waals surface area contributed by atoms with Gasteiger partial charge in [-0.2, -0.15) is 0 Å². The van der Waals surface area contributed by atoms with Gasteiger partial charge in [0.2, 0.25) is 5.91 Å². The highest BCUT2D eigenvalue weighted by Crippen LogP contribution is 1.71. The molecule has 1 N–H and O–H groups in total. The first-order chi connectivity index (χ1) is 4.31. The third-order valence-corrected chi connectivity index (χ3v) is 0.848. The molecule has 0 saturated carbocycles. The van der Waals surface area contributed by atoms with Crippen LogP contribution >= 0.6 is 0 Å². The van der Waals surface area contributed by atoms with E-state index in [4.69, 9.17) is 0 Å². The average Bonchev–Trinajstić information content (AvgIpc) is 1.85. The van der Waals surface area contributed by atoms with Gasteiger partial charge in [-0.05, 0) is 6.42 Å². The number of amides is 1. The van der Waals surface area contributed by atoms with Crippen LogP contribution in [0.25, 0.3) is 0 Å². The average molecular weight is 131 g/mol. The number of ether oxygens (including phenoxy) is 1. The maximum absolute atomic E-state index is 10.6. The van der Waals surface area contributed by atoms with Gasteiger partial charge in [0.05, 0.1) is 0 Å². The number of rotatable bonds is 4. The summed E-state index contributed by atoms with van der Waals surface area (Å²) < 4.78 is 4.59. The Morgan fingerprint density at radius 3 is 2.78 bits per heavy atom. The molecule has 0 spiro atoms. The van der Waals surface area contributed by atoms with E-state index in [1.54, 1.807) is 0 Å². The quantitative estimate of drug-likeness (QED) is 0.590. The zero-order valence-electron chi connectivity index (χ0n) is 5.94. The molecule has 0 atom stereocenters. The zero-order valence-corrected chi connectivity index (χ0v) is 5.94. The van der Waals surface area contributed by atoms with E-state index in [0.717, 1.165) is 13.0 Å². The minimum Gasteiger partial charge on any atom is -0.375 e. The minimum absolute atomic E-state index is 0.0423. The summed E-state index contributed by atoms with van der Waals surface area (Å²) in [6, 6.07) is 0. The van der Waals surface area contributed by atoms with Gasteiger partial charge in [-0.25, -0.2) is 0 Å². The van der Waals surface area contributed by atoms with Gasteiger partial charge in [0.25, 0.3) is 0 Å². The fourth-order valence-electron chi connectivity index (χ4n) is 0.447. The lowest BCUT2D eigenvalue weighted by Crippen LogP contribution is -2.27. The van der Waals surface area contributed by atoms with Crippen LogP contribution in [0.15, 0.2) is 0 Å². The van der Waals surface area contributed by atoms with Gasteiger partial charge in [0, 0.05) is 13.7 Å². The van der Waals surface area contributed by atoms with Crippen LogP contribution in [-0.4, -0.2) is 26.2 Å². The highest BCUT2D eigenvalue weighted by Gasteiger charge is 1.94. The van der Waals surface area contributed by atoms with Crippen LogP contribution in [0, 0.1) is 0 Å². The number of hydrogen-bond donors (Lipinski definition) is 1. The summed E-state index contributed by atoms with van der Waals surface area (Å²) in [5.74, 6) is -0.0423. The second-order valence-corrected chi connectivity index (χ2v) is 1.78. The van der Waals surface area contributed by atoms with Gasteiger partial charge < -0.3 is 10.1 Å². The van der Waals surface area contributed by atoms with Crippen molar-refractivity contribution in [3.8, 4) is 0 Å². The van der Waals surface area contributed by atoms with Crippen molar-refractivity contribution in [2.45, 2.75) is 13.3 Å². The molecule has 0 aromatic heterocycles. The van der Waals surface area contributed by atoms with Gasteiger partial charge in [0.15, 0.2) is 0 Å². The van der Waals surface area contributed by atoms with Crippen molar-refractivity contribution in [2.24, 2.45) is 0 Å². The van der Waals surface area contributed by atoms with Crippen LogP contribution < -0.4 is 5.32 Å². The SMILES string of the molecule is CCCNC(=O)COC. The zero-order chi connectivity index (χ0) is 7.11. The number of hydrogen-bond acceptors (Lipinski definition) is 2. The number of carbonyl (C=O) groups is 1. The normalized spacial score (nSPS) is 9.11. The molecular weight excluding hydrogens is 118 g/mol. The third kappa shape index (κ3) is 5.30. The van der Waals surface area contributed by atoms with E-state index < -0.39 is 0 Å². The number of carbonyl (C=O) groups excluding carboxylic acids is 1. The Labute approximate surface area is 55.4 Å². The molecule has 0 aliphatic heterocycles. The number of methoxy groups -OCH3 is 1. The van der Waals surface area contributed by atoms with Crippen molar-refractivity contribution in [3.63, 3.8) is 0 Å². The van der Waals surface area contributed by atoms with Crippen LogP contribution in [-0.2, 0) is 9.53 Å². The van der Waals surface area contributed by atoms with Gasteiger partial charge in [-0.15, -0.1) is 0 Å². The van der Waals surface area contributed by atoms with E-state index in [-0.39, 0.29) is 12.5 Å². The predicted molar refractivity (Wildman–Crippen MR) is 35.2 cm³/mol. The summed E-state index contributed by atoms with van der Waals surface area (Å²) in [5.41, 5.74) is 0. The van der Waals surface area contributed by atoms with Gasteiger partial charge in [-0.3, -0.25) is 4.79 Å². The van der Waals surface area contributed by atoms with Gasteiger partial charge >= 0.3 is 0 Å². The molecule has 0 aliphatic rings. The summed E-state index contributed by atoms with van der Waals surface area (Å²) in [6.45, 7) is 2.91. The maximum atomic E-state index is 10.6. The Morgan fingerprint density at radius 2 is 2.33 bits per heavy atom. The summed E-state index contributed by atoms with van der Waals surface area (Å²) in [4.78, 5) is 10.6. The fraction of sp³-hybridized carbons (Fsp3) is 0.833. The van der Waals surface area contributed by atoms with Crippen LogP contribution in [0.3, 0.4) is 0 Å². The third-order valence-electron chi connectivity index (χ3n) is 0.848. The highest BCUT2D eigenvalue weighted by atomic mass is 16.5. The van der Waals surface area contributed by atoms with Crippen molar-refractivity contribution in [1.29, 1.82) is 0 Å². The Hall–Kier alpha value is -0.570. The summed E-state index contributed by atoms with van der Waals surface area (Å²) in [6.07, 6.45) is 0.968. The van der Waals surface area contributed by atoms with Crippen LogP contribution in [0.5, 0.6) is 0 Å². The predicted octanol–water partition coefficient (Wildman–Crippen LogP) is 0.159. The van der Waals surface area contributed by atoms with Crippen molar-refractivity contribution in [3.05, 3.63) is 0 Å². The molecule has 0 aromatic carbocycles. The Balaban J connectivity index is 3.06. The number of nitrogens with one attached hydrogen (secondary N) is 1. The van der Waals surface area contributed by atoms with Gasteiger partial charge in [0.1, 0.15) is 6.61 Å². The monoisotopic (exact) mass is 131 g/mol. The lowest BCUT2D eigenvalue weighted by molar-refractivity contribution is -0.124. The minimum atomic E-state index is -0.0423. The fourth-order valence-corrected chi connectivity index (χ4v) is 0.447. The lowest BCUT2D eigenvalue weighted by Gasteiger charge is -1.99. The van der Waals surface area contributed by atoms with Crippen LogP contribution in [0.4, 0.5) is 0 Å². The Kier molecular flexibility index (Phi) is 5.21. The molecule has 0 aromatic rings. The molecule has 0 bridgehead atoms. The molecule has 0 fully saturated rings. The summed E-state index contributed by atoms with van der Waals surface area (Å²) in [7, 11) is 1.51. The second-order valence-electron chi connectivity index (χ2n) is 1.78. The molecule has 3 heteroatoms. The second kappa shape index (κ2) is 5.56. The standard InChI is InChI=1S/C6H13NO2/c1-3-4-7-6(8)5-9-2/h3-5H2,1-2H3,(H,7,8). The van der Waals surface area contributed by atoms with Crippen LogP contribution in [0.2, 0.25) is 0 Å². The molecule has 3 nitrogen and oxygen atoms in total. The molecule has 0 aliphatic carbocycles. The first kappa shape index (κ1) is 8.43. The van der Waals surface area contributed by atoms with E-state index in [9.17, 15) is 4.79 Å². The van der Waals surface area contributed by atoms with Crippen molar-refractivity contribution in [1.82, 2.24) is 5.32 Å². The van der Waals surface area contributed by atoms with Crippen molar-refractivity contribution in [2.75, 3.05) is 20.3 Å². The molecule has 0 saturated heterocycles. The molecular formula is C6H13NO2. The molecule has 54 valence electrons. The molecule has 0 heterocycles.